The molecule has 0 saturated carbocycles. The van der Waals surface area contributed by atoms with Crippen molar-refractivity contribution in [2.24, 2.45) is 5.92 Å². The zero-order valence-corrected chi connectivity index (χ0v) is 12.9. The molecule has 5 nitrogen and oxygen atoms in total. The van der Waals surface area contributed by atoms with Crippen LogP contribution in [0.5, 0.6) is 5.75 Å². The van der Waals surface area contributed by atoms with Crippen LogP contribution in [0.2, 0.25) is 5.02 Å². The van der Waals surface area contributed by atoms with Gasteiger partial charge in [-0.1, -0.05) is 31.5 Å². The van der Waals surface area contributed by atoms with E-state index in [1.54, 1.807) is 6.07 Å². The minimum atomic E-state index is -0.936. The molecule has 0 unspecified atom stereocenters. The van der Waals surface area contributed by atoms with E-state index in [9.17, 15) is 14.7 Å². The van der Waals surface area contributed by atoms with Crippen LogP contribution in [0, 0.1) is 5.92 Å². The number of carboxylic acids is 1. The van der Waals surface area contributed by atoms with E-state index in [1.165, 1.54) is 12.1 Å². The molecule has 0 aliphatic carbocycles. The van der Waals surface area contributed by atoms with E-state index in [-0.39, 0.29) is 41.5 Å². The molecule has 0 heterocycles. The average Bonchev–Trinajstić information content (AvgIpc) is 2.31. The minimum Gasteiger partial charge on any atom is -0.506 e. The molecule has 116 valence electrons. The van der Waals surface area contributed by atoms with Gasteiger partial charge in [0.25, 0.3) is 0 Å². The third kappa shape index (κ3) is 6.49. The molecule has 1 amide bonds. The Balaban J connectivity index is 2.64. The van der Waals surface area contributed by atoms with Gasteiger partial charge in [0.05, 0.1) is 17.9 Å². The molecule has 0 aliphatic heterocycles. The van der Waals surface area contributed by atoms with Crippen LogP contribution in [0.4, 0.5) is 0 Å². The summed E-state index contributed by atoms with van der Waals surface area (Å²) in [6.07, 6.45) is 0.600. The lowest BCUT2D eigenvalue weighted by atomic mass is 10.0. The van der Waals surface area contributed by atoms with Gasteiger partial charge in [-0.25, -0.2) is 0 Å². The second kappa shape index (κ2) is 7.88. The number of hydrogen-bond acceptors (Lipinski definition) is 3. The van der Waals surface area contributed by atoms with E-state index in [0.717, 1.165) is 0 Å². The Labute approximate surface area is 128 Å². The number of hydrogen-bond donors (Lipinski definition) is 3. The topological polar surface area (TPSA) is 86.6 Å². The molecule has 0 saturated heterocycles. The number of carboxylic acid groups (broad SMARTS) is 1. The van der Waals surface area contributed by atoms with Crippen molar-refractivity contribution in [3.05, 3.63) is 28.8 Å². The number of aromatic hydroxyl groups is 1. The van der Waals surface area contributed by atoms with Crippen molar-refractivity contribution in [1.82, 2.24) is 5.32 Å². The third-order valence-corrected chi connectivity index (χ3v) is 3.22. The average molecular weight is 314 g/mol. The van der Waals surface area contributed by atoms with Gasteiger partial charge < -0.3 is 15.5 Å². The van der Waals surface area contributed by atoms with Gasteiger partial charge >= 0.3 is 5.97 Å². The lowest BCUT2D eigenvalue weighted by molar-refractivity contribution is -0.137. The van der Waals surface area contributed by atoms with Crippen LogP contribution >= 0.6 is 11.6 Å². The number of halogens is 1. The fourth-order valence-electron chi connectivity index (χ4n) is 2.10. The summed E-state index contributed by atoms with van der Waals surface area (Å²) in [6, 6.07) is 4.16. The van der Waals surface area contributed by atoms with E-state index >= 15 is 0 Å². The summed E-state index contributed by atoms with van der Waals surface area (Å²) in [4.78, 5) is 22.8. The first-order chi connectivity index (χ1) is 9.77. The van der Waals surface area contributed by atoms with Crippen molar-refractivity contribution in [3.8, 4) is 5.75 Å². The number of carbonyl (C=O) groups excluding carboxylic acids is 1. The summed E-state index contributed by atoms with van der Waals surface area (Å²) in [7, 11) is 0. The van der Waals surface area contributed by atoms with E-state index < -0.39 is 5.97 Å². The number of aliphatic carboxylic acids is 1. The third-order valence-electron chi connectivity index (χ3n) is 2.92. The van der Waals surface area contributed by atoms with E-state index in [1.807, 2.05) is 13.8 Å². The van der Waals surface area contributed by atoms with Gasteiger partial charge in [0, 0.05) is 6.04 Å². The molecule has 21 heavy (non-hydrogen) atoms. The second-order valence-electron chi connectivity index (χ2n) is 5.45. The Kier molecular flexibility index (Phi) is 6.49. The molecule has 0 aliphatic rings. The number of amides is 1. The van der Waals surface area contributed by atoms with Crippen LogP contribution in [0.1, 0.15) is 32.3 Å². The van der Waals surface area contributed by atoms with E-state index in [2.05, 4.69) is 5.32 Å². The number of phenols is 1. The standard InChI is InChI=1S/C15H20ClNO4/c1-9(2)5-11(8-15(20)21)17-14(19)7-10-3-4-13(18)12(16)6-10/h3-4,6,9,11,18H,5,7-8H2,1-2H3,(H,17,19)(H,20,21)/t11-/m0/s1. The molecule has 0 radical (unpaired) electrons. The fraction of sp³-hybridized carbons (Fsp3) is 0.467. The number of phenolic OH excluding ortho intramolecular Hbond substituents is 1. The summed E-state index contributed by atoms with van der Waals surface area (Å²) in [6.45, 7) is 3.95. The van der Waals surface area contributed by atoms with Gasteiger partial charge in [-0.15, -0.1) is 0 Å². The Hall–Kier alpha value is -1.75. The van der Waals surface area contributed by atoms with Gasteiger partial charge in [0.2, 0.25) is 5.91 Å². The predicted octanol–water partition coefficient (Wildman–Crippen LogP) is 2.59. The van der Waals surface area contributed by atoms with Crippen molar-refractivity contribution >= 4 is 23.5 Å². The lowest BCUT2D eigenvalue weighted by Gasteiger charge is -2.19. The molecule has 1 aromatic carbocycles. The van der Waals surface area contributed by atoms with Gasteiger partial charge in [-0.2, -0.15) is 0 Å². The van der Waals surface area contributed by atoms with Crippen LogP contribution in [-0.2, 0) is 16.0 Å². The van der Waals surface area contributed by atoms with Gasteiger partial charge in [-0.05, 0) is 30.0 Å². The Morgan fingerprint density at radius 2 is 2.00 bits per heavy atom. The highest BCUT2D eigenvalue weighted by atomic mass is 35.5. The van der Waals surface area contributed by atoms with Crippen molar-refractivity contribution < 1.29 is 19.8 Å². The highest BCUT2D eigenvalue weighted by molar-refractivity contribution is 6.32. The van der Waals surface area contributed by atoms with E-state index in [0.29, 0.717) is 12.0 Å². The molecular formula is C15H20ClNO4. The number of rotatable bonds is 7. The van der Waals surface area contributed by atoms with Crippen LogP contribution in [-0.4, -0.2) is 28.1 Å². The largest absolute Gasteiger partial charge is 0.506 e. The summed E-state index contributed by atoms with van der Waals surface area (Å²) < 4.78 is 0. The van der Waals surface area contributed by atoms with Gasteiger partial charge in [-0.3, -0.25) is 9.59 Å². The van der Waals surface area contributed by atoms with Gasteiger partial charge in [0.1, 0.15) is 5.75 Å². The maximum Gasteiger partial charge on any atom is 0.305 e. The smallest absolute Gasteiger partial charge is 0.305 e. The highest BCUT2D eigenvalue weighted by Crippen LogP contribution is 2.23. The molecule has 1 rings (SSSR count). The molecule has 1 aromatic rings. The van der Waals surface area contributed by atoms with Crippen molar-refractivity contribution in [2.75, 3.05) is 0 Å². The molecule has 6 heteroatoms. The number of benzene rings is 1. The predicted molar refractivity (Wildman–Crippen MR) is 80.5 cm³/mol. The molecule has 3 N–H and O–H groups in total. The van der Waals surface area contributed by atoms with Crippen LogP contribution < -0.4 is 5.32 Å². The zero-order chi connectivity index (χ0) is 16.0. The van der Waals surface area contributed by atoms with Crippen molar-refractivity contribution in [1.29, 1.82) is 0 Å². The maximum absolute atomic E-state index is 12.0. The van der Waals surface area contributed by atoms with Crippen molar-refractivity contribution in [2.45, 2.75) is 39.2 Å². The normalized spacial score (nSPS) is 12.2. The SMILES string of the molecule is CC(C)C[C@@H](CC(=O)O)NC(=O)Cc1ccc(O)c(Cl)c1. The molecule has 0 bridgehead atoms. The summed E-state index contributed by atoms with van der Waals surface area (Å²) in [5.74, 6) is -0.945. The Morgan fingerprint density at radius 1 is 1.33 bits per heavy atom. The summed E-state index contributed by atoms with van der Waals surface area (Å²) in [5, 5.41) is 21.1. The first-order valence-corrected chi connectivity index (χ1v) is 7.14. The fourth-order valence-corrected chi connectivity index (χ4v) is 2.30. The first-order valence-electron chi connectivity index (χ1n) is 6.76. The molecule has 0 aromatic heterocycles. The zero-order valence-electron chi connectivity index (χ0n) is 12.1. The second-order valence-corrected chi connectivity index (χ2v) is 5.86. The highest BCUT2D eigenvalue weighted by Gasteiger charge is 2.17. The quantitative estimate of drug-likeness (QED) is 0.722. The summed E-state index contributed by atoms with van der Waals surface area (Å²) in [5.41, 5.74) is 0.661. The lowest BCUT2D eigenvalue weighted by Crippen LogP contribution is -2.38. The Morgan fingerprint density at radius 3 is 2.52 bits per heavy atom. The monoisotopic (exact) mass is 313 g/mol. The van der Waals surface area contributed by atoms with E-state index in [4.69, 9.17) is 16.7 Å². The maximum atomic E-state index is 12.0. The number of carbonyl (C=O) groups is 2. The molecule has 1 atom stereocenters. The molecule has 0 spiro atoms. The molecular weight excluding hydrogens is 294 g/mol. The van der Waals surface area contributed by atoms with Crippen LogP contribution in [0.15, 0.2) is 18.2 Å². The number of nitrogens with one attached hydrogen (secondary N) is 1. The van der Waals surface area contributed by atoms with Gasteiger partial charge in [0.15, 0.2) is 0 Å². The van der Waals surface area contributed by atoms with Crippen LogP contribution in [0.25, 0.3) is 0 Å². The first kappa shape index (κ1) is 17.3. The minimum absolute atomic E-state index is 0.0376. The molecule has 0 fully saturated rings. The summed E-state index contributed by atoms with van der Waals surface area (Å²) >= 11 is 5.78. The van der Waals surface area contributed by atoms with Crippen molar-refractivity contribution in [3.63, 3.8) is 0 Å². The van der Waals surface area contributed by atoms with Crippen LogP contribution in [0.3, 0.4) is 0 Å². The Bertz CT molecular complexity index is 516.